The van der Waals surface area contributed by atoms with Crippen molar-refractivity contribution in [2.75, 3.05) is 0 Å². The van der Waals surface area contributed by atoms with Crippen LogP contribution in [0.15, 0.2) is 12.3 Å². The third-order valence-electron chi connectivity index (χ3n) is 1.97. The molecule has 1 rings (SSSR count). The maximum absolute atomic E-state index is 10.8. The second kappa shape index (κ2) is 3.09. The summed E-state index contributed by atoms with van der Waals surface area (Å²) in [5, 5.41) is 4.11. The molecule has 0 saturated heterocycles. The summed E-state index contributed by atoms with van der Waals surface area (Å²) in [5.74, 6) is 0. The van der Waals surface area contributed by atoms with Crippen molar-refractivity contribution in [1.29, 1.82) is 0 Å². The van der Waals surface area contributed by atoms with Crippen LogP contribution in [0, 0.1) is 0 Å². The summed E-state index contributed by atoms with van der Waals surface area (Å²) in [7, 11) is 0. The van der Waals surface area contributed by atoms with Gasteiger partial charge in [0.2, 0.25) is 0 Å². The fourth-order valence-electron chi connectivity index (χ4n) is 1.19. The van der Waals surface area contributed by atoms with Crippen LogP contribution in [0.25, 0.3) is 0 Å². The molecule has 3 heteroatoms. The zero-order valence-electron chi connectivity index (χ0n) is 7.74. The molecule has 0 aliphatic rings. The van der Waals surface area contributed by atoms with E-state index >= 15 is 0 Å². The van der Waals surface area contributed by atoms with Crippen LogP contribution in [-0.2, 0) is 16.8 Å². The van der Waals surface area contributed by atoms with E-state index in [9.17, 15) is 4.79 Å². The van der Waals surface area contributed by atoms with Gasteiger partial charge in [-0.3, -0.25) is 4.68 Å². The standard InChI is InChI=1S/C9H14N2O/c1-4-11-8(5-6-10-11)9(2,3)7-12/h5-7H,4H2,1-3H3. The highest BCUT2D eigenvalue weighted by atomic mass is 16.1. The Bertz CT molecular complexity index is 276. The zero-order valence-corrected chi connectivity index (χ0v) is 7.74. The molecule has 0 aliphatic carbocycles. The van der Waals surface area contributed by atoms with Gasteiger partial charge in [-0.15, -0.1) is 0 Å². The predicted molar refractivity (Wildman–Crippen MR) is 47.0 cm³/mol. The highest BCUT2D eigenvalue weighted by Crippen LogP contribution is 2.19. The first-order chi connectivity index (χ1) is 5.61. The zero-order chi connectivity index (χ0) is 9.19. The topological polar surface area (TPSA) is 34.9 Å². The normalized spacial score (nSPS) is 11.6. The number of aromatic nitrogens is 2. The lowest BCUT2D eigenvalue weighted by Gasteiger charge is -2.17. The molecule has 66 valence electrons. The summed E-state index contributed by atoms with van der Waals surface area (Å²) in [6.07, 6.45) is 2.68. The lowest BCUT2D eigenvalue weighted by molar-refractivity contribution is -0.111. The van der Waals surface area contributed by atoms with Crippen molar-refractivity contribution >= 4 is 6.29 Å². The largest absolute Gasteiger partial charge is 0.302 e. The lowest BCUT2D eigenvalue weighted by atomic mass is 9.91. The minimum Gasteiger partial charge on any atom is -0.302 e. The lowest BCUT2D eigenvalue weighted by Crippen LogP contribution is -2.23. The van der Waals surface area contributed by atoms with E-state index in [0.29, 0.717) is 0 Å². The molecular formula is C9H14N2O. The highest BCUT2D eigenvalue weighted by molar-refractivity contribution is 5.65. The molecule has 0 N–H and O–H groups in total. The Hall–Kier alpha value is -1.12. The van der Waals surface area contributed by atoms with Crippen molar-refractivity contribution < 1.29 is 4.79 Å². The van der Waals surface area contributed by atoms with Gasteiger partial charge in [-0.2, -0.15) is 5.10 Å². The van der Waals surface area contributed by atoms with Crippen LogP contribution in [-0.4, -0.2) is 16.1 Å². The van der Waals surface area contributed by atoms with E-state index in [1.54, 1.807) is 6.20 Å². The number of hydrogen-bond donors (Lipinski definition) is 0. The van der Waals surface area contributed by atoms with E-state index in [2.05, 4.69) is 5.10 Å². The minimum atomic E-state index is -0.424. The number of carbonyl (C=O) groups is 1. The van der Waals surface area contributed by atoms with Crippen LogP contribution < -0.4 is 0 Å². The Morgan fingerprint density at radius 1 is 1.67 bits per heavy atom. The Kier molecular flexibility index (Phi) is 2.31. The van der Waals surface area contributed by atoms with Crippen molar-refractivity contribution in [3.8, 4) is 0 Å². The predicted octanol–water partition coefficient (Wildman–Crippen LogP) is 1.38. The van der Waals surface area contributed by atoms with Gasteiger partial charge < -0.3 is 4.79 Å². The molecule has 0 amide bonds. The van der Waals surface area contributed by atoms with E-state index in [4.69, 9.17) is 0 Å². The molecule has 0 radical (unpaired) electrons. The average Bonchev–Trinajstić information content (AvgIpc) is 2.52. The van der Waals surface area contributed by atoms with Crippen LogP contribution in [0.3, 0.4) is 0 Å². The van der Waals surface area contributed by atoms with Crippen LogP contribution >= 0.6 is 0 Å². The number of hydrogen-bond acceptors (Lipinski definition) is 2. The van der Waals surface area contributed by atoms with Crippen molar-refractivity contribution in [3.63, 3.8) is 0 Å². The maximum atomic E-state index is 10.8. The van der Waals surface area contributed by atoms with E-state index in [1.165, 1.54) is 0 Å². The molecule has 3 nitrogen and oxygen atoms in total. The minimum absolute atomic E-state index is 0.424. The smallest absolute Gasteiger partial charge is 0.131 e. The van der Waals surface area contributed by atoms with Crippen LogP contribution in [0.1, 0.15) is 26.5 Å². The summed E-state index contributed by atoms with van der Waals surface area (Å²) in [6, 6.07) is 1.89. The van der Waals surface area contributed by atoms with Gasteiger partial charge in [-0.1, -0.05) is 0 Å². The van der Waals surface area contributed by atoms with Crippen molar-refractivity contribution in [2.24, 2.45) is 0 Å². The molecule has 1 heterocycles. The molecule has 0 saturated carbocycles. The first-order valence-corrected chi connectivity index (χ1v) is 4.10. The summed E-state index contributed by atoms with van der Waals surface area (Å²) in [4.78, 5) is 10.8. The molecule has 0 aliphatic heterocycles. The van der Waals surface area contributed by atoms with Gasteiger partial charge in [0.1, 0.15) is 6.29 Å². The SMILES string of the molecule is CCn1nccc1C(C)(C)C=O. The number of nitrogens with zero attached hydrogens (tertiary/aromatic N) is 2. The van der Waals surface area contributed by atoms with Crippen molar-refractivity contribution in [1.82, 2.24) is 9.78 Å². The molecular weight excluding hydrogens is 152 g/mol. The van der Waals surface area contributed by atoms with Gasteiger partial charge in [0, 0.05) is 12.7 Å². The summed E-state index contributed by atoms with van der Waals surface area (Å²) < 4.78 is 1.84. The van der Waals surface area contributed by atoms with Crippen molar-refractivity contribution in [3.05, 3.63) is 18.0 Å². The first-order valence-electron chi connectivity index (χ1n) is 4.10. The Morgan fingerprint density at radius 3 is 2.83 bits per heavy atom. The molecule has 0 bridgehead atoms. The maximum Gasteiger partial charge on any atom is 0.131 e. The quantitative estimate of drug-likeness (QED) is 0.636. The molecule has 1 aromatic rings. The monoisotopic (exact) mass is 166 g/mol. The highest BCUT2D eigenvalue weighted by Gasteiger charge is 2.22. The Balaban J connectivity index is 3.08. The van der Waals surface area contributed by atoms with Gasteiger partial charge in [0.15, 0.2) is 0 Å². The van der Waals surface area contributed by atoms with Gasteiger partial charge in [-0.25, -0.2) is 0 Å². The average molecular weight is 166 g/mol. The van der Waals surface area contributed by atoms with E-state index in [-0.39, 0.29) is 0 Å². The third kappa shape index (κ3) is 1.40. The Morgan fingerprint density at radius 2 is 2.33 bits per heavy atom. The molecule has 0 fully saturated rings. The molecule has 0 aromatic carbocycles. The third-order valence-corrected chi connectivity index (χ3v) is 1.97. The number of carbonyl (C=O) groups excluding carboxylic acids is 1. The van der Waals surface area contributed by atoms with Crippen LogP contribution in [0.2, 0.25) is 0 Å². The van der Waals surface area contributed by atoms with E-state index in [1.807, 2.05) is 31.5 Å². The fraction of sp³-hybridized carbons (Fsp3) is 0.556. The van der Waals surface area contributed by atoms with Crippen molar-refractivity contribution in [2.45, 2.75) is 32.7 Å². The summed E-state index contributed by atoms with van der Waals surface area (Å²) >= 11 is 0. The van der Waals surface area contributed by atoms with Gasteiger partial charge >= 0.3 is 0 Å². The summed E-state index contributed by atoms with van der Waals surface area (Å²) in [5.41, 5.74) is 0.548. The number of aldehydes is 1. The molecule has 0 unspecified atom stereocenters. The number of rotatable bonds is 3. The van der Waals surface area contributed by atoms with Crippen LogP contribution in [0.5, 0.6) is 0 Å². The fourth-order valence-corrected chi connectivity index (χ4v) is 1.19. The molecule has 12 heavy (non-hydrogen) atoms. The Labute approximate surface area is 72.4 Å². The van der Waals surface area contributed by atoms with Gasteiger partial charge in [-0.05, 0) is 26.8 Å². The van der Waals surface area contributed by atoms with Gasteiger partial charge in [0.25, 0.3) is 0 Å². The molecule has 1 aromatic heterocycles. The van der Waals surface area contributed by atoms with E-state index in [0.717, 1.165) is 18.5 Å². The van der Waals surface area contributed by atoms with E-state index < -0.39 is 5.41 Å². The number of aryl methyl sites for hydroxylation is 1. The van der Waals surface area contributed by atoms with Gasteiger partial charge in [0.05, 0.1) is 11.1 Å². The molecule has 0 spiro atoms. The summed E-state index contributed by atoms with van der Waals surface area (Å²) in [6.45, 7) is 6.60. The second-order valence-electron chi connectivity index (χ2n) is 3.37. The molecule has 0 atom stereocenters. The first kappa shape index (κ1) is 8.97. The second-order valence-corrected chi connectivity index (χ2v) is 3.37. The van der Waals surface area contributed by atoms with Crippen LogP contribution in [0.4, 0.5) is 0 Å².